The second kappa shape index (κ2) is 8.18. The summed E-state index contributed by atoms with van der Waals surface area (Å²) in [7, 11) is 0. The Morgan fingerprint density at radius 1 is 1.27 bits per heavy atom. The van der Waals surface area contributed by atoms with E-state index in [1.807, 2.05) is 31.2 Å². The van der Waals surface area contributed by atoms with Gasteiger partial charge in [0.15, 0.2) is 11.5 Å². The standard InChI is InChI=1S/C23H26N4O3/c1-4-17-12-20(28)27-22(26-17)16-8-9-19(25-14-16)24-10-11-29-18-7-5-6-15-13-23(2,3)30-21(15)18/h5-9,12,14H,4,10-11,13H2,1-3H3,(H,24,25)(H,26,27,28). The topological polar surface area (TPSA) is 89.1 Å². The van der Waals surface area contributed by atoms with E-state index in [2.05, 4.69) is 40.2 Å². The summed E-state index contributed by atoms with van der Waals surface area (Å²) in [5.41, 5.74) is 2.36. The van der Waals surface area contributed by atoms with E-state index in [1.165, 1.54) is 11.6 Å². The fraction of sp³-hybridized carbons (Fsp3) is 0.348. The quantitative estimate of drug-likeness (QED) is 0.583. The number of anilines is 1. The minimum atomic E-state index is -0.193. The van der Waals surface area contributed by atoms with Crippen LogP contribution in [-0.4, -0.2) is 33.7 Å². The minimum absolute atomic E-state index is 0.157. The molecule has 0 fully saturated rings. The first-order chi connectivity index (χ1) is 14.4. The molecule has 2 N–H and O–H groups in total. The molecule has 0 radical (unpaired) electrons. The third-order valence-corrected chi connectivity index (χ3v) is 4.91. The molecule has 1 aliphatic rings. The number of hydrogen-bond acceptors (Lipinski definition) is 6. The number of benzene rings is 1. The number of aryl methyl sites for hydroxylation is 1. The van der Waals surface area contributed by atoms with Gasteiger partial charge in [-0.1, -0.05) is 19.1 Å². The highest BCUT2D eigenvalue weighted by atomic mass is 16.5. The fourth-order valence-electron chi connectivity index (χ4n) is 3.51. The maximum atomic E-state index is 11.8. The summed E-state index contributed by atoms with van der Waals surface area (Å²) in [5.74, 6) is 2.88. The Balaban J connectivity index is 1.34. The molecule has 0 unspecified atom stereocenters. The van der Waals surface area contributed by atoms with Gasteiger partial charge in [-0.05, 0) is 38.5 Å². The van der Waals surface area contributed by atoms with Gasteiger partial charge in [-0.3, -0.25) is 4.79 Å². The van der Waals surface area contributed by atoms with E-state index in [1.54, 1.807) is 6.20 Å². The molecule has 7 heteroatoms. The summed E-state index contributed by atoms with van der Waals surface area (Å²) >= 11 is 0. The lowest BCUT2D eigenvalue weighted by molar-refractivity contribution is 0.132. The largest absolute Gasteiger partial charge is 0.488 e. The zero-order valence-electron chi connectivity index (χ0n) is 17.5. The van der Waals surface area contributed by atoms with Crippen molar-refractivity contribution in [2.45, 2.75) is 39.2 Å². The zero-order valence-corrected chi connectivity index (χ0v) is 17.5. The number of H-pyrrole nitrogens is 1. The third kappa shape index (κ3) is 4.45. The lowest BCUT2D eigenvalue weighted by Crippen LogP contribution is -2.24. The van der Waals surface area contributed by atoms with Crippen LogP contribution in [0.2, 0.25) is 0 Å². The molecule has 2 aromatic heterocycles. The van der Waals surface area contributed by atoms with Crippen molar-refractivity contribution in [3.8, 4) is 22.9 Å². The van der Waals surface area contributed by atoms with Crippen molar-refractivity contribution < 1.29 is 9.47 Å². The number of ether oxygens (including phenoxy) is 2. The third-order valence-electron chi connectivity index (χ3n) is 4.91. The molecule has 156 valence electrons. The van der Waals surface area contributed by atoms with Crippen molar-refractivity contribution in [1.29, 1.82) is 0 Å². The molecule has 0 aliphatic carbocycles. The molecule has 3 aromatic rings. The Morgan fingerprint density at radius 2 is 2.13 bits per heavy atom. The van der Waals surface area contributed by atoms with Crippen LogP contribution in [0.15, 0.2) is 47.4 Å². The first-order valence-corrected chi connectivity index (χ1v) is 10.2. The van der Waals surface area contributed by atoms with E-state index < -0.39 is 0 Å². The predicted octanol–water partition coefficient (Wildman–Crippen LogP) is 3.60. The van der Waals surface area contributed by atoms with Crippen LogP contribution >= 0.6 is 0 Å². The van der Waals surface area contributed by atoms with Crippen LogP contribution in [0.5, 0.6) is 11.5 Å². The smallest absolute Gasteiger partial charge is 0.251 e. The maximum absolute atomic E-state index is 11.8. The summed E-state index contributed by atoms with van der Waals surface area (Å²) in [4.78, 5) is 23.4. The monoisotopic (exact) mass is 406 g/mol. The molecular formula is C23H26N4O3. The van der Waals surface area contributed by atoms with E-state index in [0.29, 0.717) is 25.4 Å². The Bertz CT molecular complexity index is 1090. The Morgan fingerprint density at radius 3 is 2.90 bits per heavy atom. The number of pyridine rings is 1. The first kappa shape index (κ1) is 19.9. The number of fused-ring (bicyclic) bond motifs is 1. The van der Waals surface area contributed by atoms with Crippen LogP contribution in [0.4, 0.5) is 5.82 Å². The van der Waals surface area contributed by atoms with Crippen LogP contribution in [0.25, 0.3) is 11.4 Å². The van der Waals surface area contributed by atoms with E-state index in [4.69, 9.17) is 9.47 Å². The van der Waals surface area contributed by atoms with Crippen LogP contribution in [-0.2, 0) is 12.8 Å². The molecule has 0 amide bonds. The van der Waals surface area contributed by atoms with Gasteiger partial charge >= 0.3 is 0 Å². The summed E-state index contributed by atoms with van der Waals surface area (Å²) in [6.45, 7) is 7.21. The highest BCUT2D eigenvalue weighted by Gasteiger charge is 2.32. The number of hydrogen-bond donors (Lipinski definition) is 2. The molecule has 0 saturated carbocycles. The van der Waals surface area contributed by atoms with Gasteiger partial charge in [0.25, 0.3) is 5.56 Å². The molecule has 1 aromatic carbocycles. The van der Waals surface area contributed by atoms with Gasteiger partial charge < -0.3 is 19.8 Å². The average molecular weight is 406 g/mol. The second-order valence-electron chi connectivity index (χ2n) is 7.93. The average Bonchev–Trinajstić information content (AvgIpc) is 3.05. The predicted molar refractivity (Wildman–Crippen MR) is 116 cm³/mol. The zero-order chi connectivity index (χ0) is 21.1. The van der Waals surface area contributed by atoms with Crippen molar-refractivity contribution in [3.05, 3.63) is 64.2 Å². The van der Waals surface area contributed by atoms with Crippen molar-refractivity contribution >= 4 is 5.82 Å². The summed E-state index contributed by atoms with van der Waals surface area (Å²) in [6, 6.07) is 11.3. The summed E-state index contributed by atoms with van der Waals surface area (Å²) < 4.78 is 12.0. The molecule has 30 heavy (non-hydrogen) atoms. The van der Waals surface area contributed by atoms with Gasteiger partial charge in [-0.25, -0.2) is 9.97 Å². The maximum Gasteiger partial charge on any atom is 0.251 e. The van der Waals surface area contributed by atoms with Gasteiger partial charge in [-0.2, -0.15) is 0 Å². The molecule has 0 bridgehead atoms. The molecule has 0 saturated heterocycles. The van der Waals surface area contributed by atoms with Crippen molar-refractivity contribution in [2.75, 3.05) is 18.5 Å². The molecule has 1 aliphatic heterocycles. The van der Waals surface area contributed by atoms with Crippen molar-refractivity contribution in [1.82, 2.24) is 15.0 Å². The number of aromatic nitrogens is 3. The van der Waals surface area contributed by atoms with Gasteiger partial charge in [0.2, 0.25) is 0 Å². The number of rotatable bonds is 7. The summed E-state index contributed by atoms with van der Waals surface area (Å²) in [6.07, 6.45) is 3.29. The van der Waals surface area contributed by atoms with Gasteiger partial charge in [-0.15, -0.1) is 0 Å². The molecular weight excluding hydrogens is 380 g/mol. The Labute approximate surface area is 175 Å². The summed E-state index contributed by atoms with van der Waals surface area (Å²) in [5, 5.41) is 3.24. The van der Waals surface area contributed by atoms with Crippen LogP contribution in [0.1, 0.15) is 32.0 Å². The van der Waals surface area contributed by atoms with Gasteiger partial charge in [0.05, 0.1) is 6.54 Å². The van der Waals surface area contributed by atoms with Gasteiger partial charge in [0.1, 0.15) is 23.9 Å². The Hall–Kier alpha value is -3.35. The number of aromatic amines is 1. The van der Waals surface area contributed by atoms with Crippen molar-refractivity contribution in [2.24, 2.45) is 0 Å². The lowest BCUT2D eigenvalue weighted by Gasteiger charge is -2.18. The van der Waals surface area contributed by atoms with E-state index in [0.717, 1.165) is 35.0 Å². The van der Waals surface area contributed by atoms with E-state index in [-0.39, 0.29) is 11.2 Å². The normalized spacial score (nSPS) is 14.1. The lowest BCUT2D eigenvalue weighted by atomic mass is 10.0. The molecule has 0 atom stereocenters. The SMILES string of the molecule is CCc1cc(=O)[nH]c(-c2ccc(NCCOc3cccc4c3OC(C)(C)C4)nc2)n1. The number of nitrogens with one attached hydrogen (secondary N) is 2. The van der Waals surface area contributed by atoms with Crippen LogP contribution in [0.3, 0.4) is 0 Å². The minimum Gasteiger partial charge on any atom is -0.488 e. The Kier molecular flexibility index (Phi) is 5.44. The molecule has 4 rings (SSSR count). The highest BCUT2D eigenvalue weighted by Crippen LogP contribution is 2.41. The van der Waals surface area contributed by atoms with E-state index >= 15 is 0 Å². The van der Waals surface area contributed by atoms with E-state index in [9.17, 15) is 4.79 Å². The van der Waals surface area contributed by atoms with Crippen LogP contribution < -0.4 is 20.3 Å². The highest BCUT2D eigenvalue weighted by molar-refractivity contribution is 5.56. The van der Waals surface area contributed by atoms with Crippen molar-refractivity contribution in [3.63, 3.8) is 0 Å². The molecule has 3 heterocycles. The molecule has 7 nitrogen and oxygen atoms in total. The van der Waals surface area contributed by atoms with Crippen LogP contribution in [0, 0.1) is 0 Å². The molecule has 0 spiro atoms. The number of para-hydroxylation sites is 1. The number of nitrogens with zero attached hydrogens (tertiary/aromatic N) is 2. The first-order valence-electron chi connectivity index (χ1n) is 10.2. The second-order valence-corrected chi connectivity index (χ2v) is 7.93. The fourth-order valence-corrected chi connectivity index (χ4v) is 3.51. The van der Waals surface area contributed by atoms with Gasteiger partial charge in [0, 0.05) is 35.5 Å².